The Labute approximate surface area is 169 Å². The van der Waals surface area contributed by atoms with Crippen molar-refractivity contribution in [1.82, 2.24) is 15.5 Å². The number of fused-ring (bicyclic) bond motifs is 1. The molecule has 0 aliphatic carbocycles. The first-order chi connectivity index (χ1) is 13.0. The van der Waals surface area contributed by atoms with Crippen molar-refractivity contribution in [1.29, 1.82) is 0 Å². The number of ether oxygens (including phenoxy) is 1. The van der Waals surface area contributed by atoms with Crippen molar-refractivity contribution in [3.63, 3.8) is 0 Å². The summed E-state index contributed by atoms with van der Waals surface area (Å²) in [5.41, 5.74) is 0.277. The summed E-state index contributed by atoms with van der Waals surface area (Å²) in [5.74, 6) is -0.378. The molecular formula is C20H27N3O4S. The van der Waals surface area contributed by atoms with Gasteiger partial charge in [0.25, 0.3) is 5.91 Å². The fourth-order valence-corrected chi connectivity index (χ4v) is 4.98. The highest BCUT2D eigenvalue weighted by Crippen LogP contribution is 2.49. The van der Waals surface area contributed by atoms with Gasteiger partial charge in [0.15, 0.2) is 0 Å². The van der Waals surface area contributed by atoms with Gasteiger partial charge in [0.05, 0.1) is 11.2 Å². The highest BCUT2D eigenvalue weighted by molar-refractivity contribution is 8.01. The van der Waals surface area contributed by atoms with Gasteiger partial charge < -0.3 is 15.0 Å². The first-order valence-electron chi connectivity index (χ1n) is 9.31. The number of alkyl carbamates (subject to hydrolysis) is 1. The largest absolute Gasteiger partial charge is 0.444 e. The normalized spacial score (nSPS) is 25.5. The quantitative estimate of drug-likeness (QED) is 0.751. The number of benzene rings is 1. The molecular weight excluding hydrogens is 378 g/mol. The molecule has 152 valence electrons. The van der Waals surface area contributed by atoms with Gasteiger partial charge in [-0.1, -0.05) is 30.3 Å². The minimum atomic E-state index is -0.619. The van der Waals surface area contributed by atoms with E-state index in [0.717, 1.165) is 5.56 Å². The van der Waals surface area contributed by atoms with Crippen LogP contribution in [0.5, 0.6) is 0 Å². The topological polar surface area (TPSA) is 87.7 Å². The summed E-state index contributed by atoms with van der Waals surface area (Å²) >= 11 is 1.57. The third-order valence-corrected chi connectivity index (χ3v) is 6.19. The molecule has 0 spiro atoms. The maximum absolute atomic E-state index is 12.7. The molecule has 0 aromatic heterocycles. The van der Waals surface area contributed by atoms with E-state index < -0.39 is 28.6 Å². The average molecular weight is 406 g/mol. The average Bonchev–Trinajstić information content (AvgIpc) is 2.80. The van der Waals surface area contributed by atoms with Crippen molar-refractivity contribution in [2.45, 2.75) is 69.0 Å². The van der Waals surface area contributed by atoms with Gasteiger partial charge in [-0.2, -0.15) is 0 Å². The van der Waals surface area contributed by atoms with Gasteiger partial charge in [0.2, 0.25) is 5.91 Å². The molecule has 2 aliphatic rings. The van der Waals surface area contributed by atoms with E-state index in [4.69, 9.17) is 4.74 Å². The maximum Gasteiger partial charge on any atom is 0.409 e. The molecule has 2 N–H and O–H groups in total. The fraction of sp³-hybridized carbons (Fsp3) is 0.550. The van der Waals surface area contributed by atoms with Crippen LogP contribution in [0.4, 0.5) is 4.79 Å². The molecule has 0 saturated carbocycles. The van der Waals surface area contributed by atoms with Crippen LogP contribution in [-0.4, -0.2) is 50.7 Å². The molecule has 2 saturated heterocycles. The maximum atomic E-state index is 12.7. The summed E-state index contributed by atoms with van der Waals surface area (Å²) < 4.78 is 4.92. The molecule has 7 nitrogen and oxygen atoms in total. The zero-order valence-corrected chi connectivity index (χ0v) is 17.6. The third-order valence-electron chi connectivity index (χ3n) is 4.62. The Morgan fingerprint density at radius 2 is 1.82 bits per heavy atom. The molecule has 1 aromatic rings. The van der Waals surface area contributed by atoms with Crippen LogP contribution in [0, 0.1) is 0 Å². The third kappa shape index (κ3) is 4.27. The zero-order chi connectivity index (χ0) is 20.7. The Bertz CT molecular complexity index is 775. The summed E-state index contributed by atoms with van der Waals surface area (Å²) in [6, 6.07) is 8.82. The lowest BCUT2D eigenvalue weighted by Crippen LogP contribution is -2.72. The number of amides is 3. The van der Waals surface area contributed by atoms with Crippen molar-refractivity contribution >= 4 is 29.7 Å². The summed E-state index contributed by atoms with van der Waals surface area (Å²) in [4.78, 5) is 38.9. The zero-order valence-electron chi connectivity index (χ0n) is 16.8. The van der Waals surface area contributed by atoms with Crippen molar-refractivity contribution < 1.29 is 19.1 Å². The second-order valence-corrected chi connectivity index (χ2v) is 10.4. The molecule has 28 heavy (non-hydrogen) atoms. The SMILES string of the molecule is CC(C)(C)OC(=O)N[C@H]1N2C(=O)[C@H](NC(=O)Cc3ccccc3)[C@@H]2SC1(C)C. The van der Waals surface area contributed by atoms with E-state index in [1.54, 1.807) is 37.4 Å². The molecule has 2 fully saturated rings. The number of carbonyl (C=O) groups excluding carboxylic acids is 3. The lowest BCUT2D eigenvalue weighted by molar-refractivity contribution is -0.152. The van der Waals surface area contributed by atoms with Gasteiger partial charge in [-0.3, -0.25) is 14.9 Å². The number of hydrogen-bond acceptors (Lipinski definition) is 5. The summed E-state index contributed by atoms with van der Waals surface area (Å²) in [5, 5.41) is 5.45. The predicted octanol–water partition coefficient (Wildman–Crippen LogP) is 2.26. The van der Waals surface area contributed by atoms with Crippen LogP contribution in [0.1, 0.15) is 40.2 Å². The molecule has 2 aliphatic heterocycles. The second kappa shape index (κ2) is 7.31. The van der Waals surface area contributed by atoms with Crippen LogP contribution < -0.4 is 10.6 Å². The number of carbonyl (C=O) groups is 3. The van der Waals surface area contributed by atoms with Gasteiger partial charge in [0.1, 0.15) is 23.2 Å². The van der Waals surface area contributed by atoms with Gasteiger partial charge in [-0.15, -0.1) is 11.8 Å². The summed E-state index contributed by atoms with van der Waals surface area (Å²) in [6.45, 7) is 9.30. The first kappa shape index (κ1) is 20.5. The van der Waals surface area contributed by atoms with Gasteiger partial charge in [0, 0.05) is 0 Å². The number of nitrogens with zero attached hydrogens (tertiary/aromatic N) is 1. The molecule has 0 radical (unpaired) electrons. The lowest BCUT2D eigenvalue weighted by Gasteiger charge is -2.44. The van der Waals surface area contributed by atoms with E-state index in [2.05, 4.69) is 10.6 Å². The Morgan fingerprint density at radius 1 is 1.18 bits per heavy atom. The number of rotatable bonds is 4. The number of thioether (sulfide) groups is 1. The minimum Gasteiger partial charge on any atom is -0.444 e. The van der Waals surface area contributed by atoms with Crippen LogP contribution in [0.3, 0.4) is 0 Å². The number of β-lactam (4-membered cyclic amide) rings is 1. The van der Waals surface area contributed by atoms with E-state index in [1.807, 2.05) is 44.2 Å². The Kier molecular flexibility index (Phi) is 5.36. The van der Waals surface area contributed by atoms with Crippen LogP contribution in [0.2, 0.25) is 0 Å². The van der Waals surface area contributed by atoms with Crippen LogP contribution >= 0.6 is 11.8 Å². The standard InChI is InChI=1S/C20H27N3O4S/c1-19(2,3)27-18(26)22-17-20(4,5)28-16-14(15(25)23(16)17)21-13(24)11-12-9-7-6-8-10-12/h6-10,14,16-17H,11H2,1-5H3,(H,21,24)(H,22,26)/t14-,16-,17-/m0/s1. The van der Waals surface area contributed by atoms with Crippen molar-refractivity contribution in [2.24, 2.45) is 0 Å². The molecule has 2 heterocycles. The van der Waals surface area contributed by atoms with Crippen LogP contribution in [0.25, 0.3) is 0 Å². The molecule has 0 bridgehead atoms. The molecule has 3 amide bonds. The van der Waals surface area contributed by atoms with Gasteiger partial charge in [-0.05, 0) is 40.2 Å². The first-order valence-corrected chi connectivity index (χ1v) is 10.2. The van der Waals surface area contributed by atoms with E-state index in [9.17, 15) is 14.4 Å². The fourth-order valence-electron chi connectivity index (χ4n) is 3.40. The highest BCUT2D eigenvalue weighted by atomic mass is 32.2. The van der Waals surface area contributed by atoms with Crippen molar-refractivity contribution in [2.75, 3.05) is 0 Å². The molecule has 8 heteroatoms. The molecule has 3 rings (SSSR count). The number of nitrogens with one attached hydrogen (secondary N) is 2. The summed E-state index contributed by atoms with van der Waals surface area (Å²) in [7, 11) is 0. The van der Waals surface area contributed by atoms with Gasteiger partial charge in [-0.25, -0.2) is 4.79 Å². The van der Waals surface area contributed by atoms with E-state index >= 15 is 0 Å². The Hall–Kier alpha value is -2.22. The Morgan fingerprint density at radius 3 is 2.43 bits per heavy atom. The summed E-state index contributed by atoms with van der Waals surface area (Å²) in [6.07, 6.45) is -0.825. The monoisotopic (exact) mass is 405 g/mol. The number of hydrogen-bond donors (Lipinski definition) is 2. The van der Waals surface area contributed by atoms with Crippen molar-refractivity contribution in [3.8, 4) is 0 Å². The van der Waals surface area contributed by atoms with E-state index in [0.29, 0.717) is 0 Å². The minimum absolute atomic E-state index is 0.189. The van der Waals surface area contributed by atoms with E-state index in [1.165, 1.54) is 0 Å². The smallest absolute Gasteiger partial charge is 0.409 e. The molecule has 0 unspecified atom stereocenters. The second-order valence-electron chi connectivity index (χ2n) is 8.61. The lowest BCUT2D eigenvalue weighted by atomic mass is 10.0. The van der Waals surface area contributed by atoms with E-state index in [-0.39, 0.29) is 23.6 Å². The van der Waals surface area contributed by atoms with Crippen molar-refractivity contribution in [3.05, 3.63) is 35.9 Å². The predicted molar refractivity (Wildman–Crippen MR) is 108 cm³/mol. The van der Waals surface area contributed by atoms with Crippen LogP contribution in [0.15, 0.2) is 30.3 Å². The molecule has 1 aromatic carbocycles. The highest BCUT2D eigenvalue weighted by Gasteiger charge is 2.62. The van der Waals surface area contributed by atoms with Crippen LogP contribution in [-0.2, 0) is 20.7 Å². The molecule has 3 atom stereocenters. The van der Waals surface area contributed by atoms with Gasteiger partial charge >= 0.3 is 6.09 Å². The Balaban J connectivity index is 1.62.